The van der Waals surface area contributed by atoms with Gasteiger partial charge in [-0.2, -0.15) is 0 Å². The Morgan fingerprint density at radius 2 is 1.95 bits per heavy atom. The molecule has 2 rings (SSSR count). The molecule has 1 saturated heterocycles. The first-order chi connectivity index (χ1) is 9.60. The highest BCUT2D eigenvalue weighted by Crippen LogP contribution is 2.23. The minimum Gasteiger partial charge on any atom is -0.381 e. The topological polar surface area (TPSA) is 29.5 Å². The van der Waals surface area contributed by atoms with Crippen molar-refractivity contribution in [2.45, 2.75) is 31.8 Å². The summed E-state index contributed by atoms with van der Waals surface area (Å²) in [7, 11) is 1.77. The Morgan fingerprint density at radius 1 is 1.35 bits per heavy atom. The average Bonchev–Trinajstić information content (AvgIpc) is 2.46. The lowest BCUT2D eigenvalue weighted by Crippen LogP contribution is -2.40. The first kappa shape index (κ1) is 15.5. The number of ether oxygens (including phenoxy) is 1. The lowest BCUT2D eigenvalue weighted by atomic mass is 9.94. The van der Waals surface area contributed by atoms with Crippen LogP contribution in [0.1, 0.15) is 31.2 Å². The molecule has 1 heterocycles. The van der Waals surface area contributed by atoms with E-state index in [1.807, 2.05) is 24.3 Å². The van der Waals surface area contributed by atoms with Crippen LogP contribution in [0.4, 0.5) is 0 Å². The Balaban J connectivity index is 2.00. The minimum atomic E-state index is -0.0636. The fourth-order valence-electron chi connectivity index (χ4n) is 2.75. The molecule has 0 aromatic heterocycles. The highest BCUT2D eigenvalue weighted by molar-refractivity contribution is 6.30. The van der Waals surface area contributed by atoms with Gasteiger partial charge in [-0.1, -0.05) is 23.7 Å². The van der Waals surface area contributed by atoms with Crippen LogP contribution in [0.2, 0.25) is 5.02 Å². The molecule has 0 N–H and O–H groups in total. The van der Waals surface area contributed by atoms with E-state index >= 15 is 0 Å². The fourth-order valence-corrected chi connectivity index (χ4v) is 2.88. The summed E-state index contributed by atoms with van der Waals surface area (Å²) < 4.78 is 5.38. The van der Waals surface area contributed by atoms with Gasteiger partial charge in [-0.3, -0.25) is 4.79 Å². The molecule has 0 unspecified atom stereocenters. The van der Waals surface area contributed by atoms with E-state index in [0.29, 0.717) is 11.1 Å². The maximum atomic E-state index is 11.9. The largest absolute Gasteiger partial charge is 0.381 e. The van der Waals surface area contributed by atoms with Crippen LogP contribution in [0, 0.1) is 0 Å². The molecule has 1 aliphatic rings. The summed E-state index contributed by atoms with van der Waals surface area (Å²) in [5, 5.41) is 0.706. The Hall–Kier alpha value is -0.900. The van der Waals surface area contributed by atoms with Gasteiger partial charge in [0.15, 0.2) is 0 Å². The molecule has 1 atom stereocenters. The molecular formula is C16H22ClNO2. The lowest BCUT2D eigenvalue weighted by Gasteiger charge is -2.33. The number of nitrogens with zero attached hydrogens (tertiary/aromatic N) is 1. The SMILES string of the molecule is COC1CCN(C[C@H](C(C)=O)c2ccc(Cl)cc2)CC1. The average molecular weight is 296 g/mol. The van der Waals surface area contributed by atoms with Crippen molar-refractivity contribution in [3.05, 3.63) is 34.9 Å². The summed E-state index contributed by atoms with van der Waals surface area (Å²) >= 11 is 5.91. The third kappa shape index (κ3) is 4.05. The summed E-state index contributed by atoms with van der Waals surface area (Å²) in [5.41, 5.74) is 1.05. The second kappa shape index (κ2) is 7.21. The van der Waals surface area contributed by atoms with Gasteiger partial charge in [-0.15, -0.1) is 0 Å². The zero-order valence-electron chi connectivity index (χ0n) is 12.1. The number of Topliss-reactive ketones (excluding diaryl/α,β-unsaturated/α-hetero) is 1. The van der Waals surface area contributed by atoms with Crippen LogP contribution in [-0.4, -0.2) is 43.5 Å². The summed E-state index contributed by atoms with van der Waals surface area (Å²) in [6, 6.07) is 7.61. The predicted octanol–water partition coefficient (Wildman–Crippen LogP) is 3.12. The van der Waals surface area contributed by atoms with Crippen molar-refractivity contribution in [2.75, 3.05) is 26.7 Å². The van der Waals surface area contributed by atoms with Crippen molar-refractivity contribution >= 4 is 17.4 Å². The Bertz CT molecular complexity index is 438. The number of methoxy groups -OCH3 is 1. The molecule has 0 aliphatic carbocycles. The number of benzene rings is 1. The van der Waals surface area contributed by atoms with Crippen LogP contribution in [0.25, 0.3) is 0 Å². The molecule has 0 saturated carbocycles. The number of ketones is 1. The number of halogens is 1. The van der Waals surface area contributed by atoms with E-state index in [4.69, 9.17) is 16.3 Å². The number of carbonyl (C=O) groups is 1. The quantitative estimate of drug-likeness (QED) is 0.836. The summed E-state index contributed by atoms with van der Waals surface area (Å²) in [4.78, 5) is 14.3. The molecule has 1 aliphatic heterocycles. The van der Waals surface area contributed by atoms with Gasteiger partial charge in [0.25, 0.3) is 0 Å². The first-order valence-electron chi connectivity index (χ1n) is 7.11. The summed E-state index contributed by atoms with van der Waals surface area (Å²) in [5.74, 6) is 0.146. The molecule has 1 fully saturated rings. The normalized spacial score (nSPS) is 18.9. The van der Waals surface area contributed by atoms with Crippen LogP contribution < -0.4 is 0 Å². The van der Waals surface area contributed by atoms with Gasteiger partial charge >= 0.3 is 0 Å². The van der Waals surface area contributed by atoms with Crippen LogP contribution in [0.3, 0.4) is 0 Å². The highest BCUT2D eigenvalue weighted by Gasteiger charge is 2.24. The van der Waals surface area contributed by atoms with E-state index in [-0.39, 0.29) is 11.7 Å². The van der Waals surface area contributed by atoms with Gasteiger partial charge in [-0.25, -0.2) is 0 Å². The van der Waals surface area contributed by atoms with Crippen LogP contribution in [0.15, 0.2) is 24.3 Å². The van der Waals surface area contributed by atoms with Crippen molar-refractivity contribution < 1.29 is 9.53 Å². The molecule has 110 valence electrons. The van der Waals surface area contributed by atoms with Gasteiger partial charge in [0.2, 0.25) is 0 Å². The number of carbonyl (C=O) groups excluding carboxylic acids is 1. The van der Waals surface area contributed by atoms with Gasteiger partial charge in [0.1, 0.15) is 5.78 Å². The third-order valence-electron chi connectivity index (χ3n) is 4.07. The van der Waals surface area contributed by atoms with E-state index in [9.17, 15) is 4.79 Å². The number of hydrogen-bond acceptors (Lipinski definition) is 3. The van der Waals surface area contributed by atoms with E-state index < -0.39 is 0 Å². The van der Waals surface area contributed by atoms with Gasteiger partial charge in [0.05, 0.1) is 12.0 Å². The Morgan fingerprint density at radius 3 is 2.45 bits per heavy atom. The number of hydrogen-bond donors (Lipinski definition) is 0. The second-order valence-electron chi connectivity index (χ2n) is 5.45. The smallest absolute Gasteiger partial charge is 0.138 e. The molecule has 3 nitrogen and oxygen atoms in total. The molecule has 1 aromatic carbocycles. The van der Waals surface area contributed by atoms with E-state index in [1.165, 1.54) is 0 Å². The van der Waals surface area contributed by atoms with Crippen molar-refractivity contribution in [1.82, 2.24) is 4.90 Å². The van der Waals surface area contributed by atoms with Crippen molar-refractivity contribution in [1.29, 1.82) is 0 Å². The molecule has 0 spiro atoms. The molecular weight excluding hydrogens is 274 g/mol. The Kier molecular flexibility index (Phi) is 5.58. The molecule has 1 aromatic rings. The third-order valence-corrected chi connectivity index (χ3v) is 4.32. The minimum absolute atomic E-state index is 0.0636. The maximum absolute atomic E-state index is 11.9. The van der Waals surface area contributed by atoms with Crippen LogP contribution >= 0.6 is 11.6 Å². The second-order valence-corrected chi connectivity index (χ2v) is 5.89. The predicted molar refractivity (Wildman–Crippen MR) is 81.3 cm³/mol. The molecule has 0 amide bonds. The maximum Gasteiger partial charge on any atom is 0.138 e. The van der Waals surface area contributed by atoms with Crippen molar-refractivity contribution in [3.8, 4) is 0 Å². The molecule has 20 heavy (non-hydrogen) atoms. The Labute approximate surface area is 125 Å². The van der Waals surface area contributed by atoms with Gasteiger partial charge < -0.3 is 9.64 Å². The zero-order chi connectivity index (χ0) is 14.5. The fraction of sp³-hybridized carbons (Fsp3) is 0.562. The van der Waals surface area contributed by atoms with Gasteiger partial charge in [0, 0.05) is 31.8 Å². The van der Waals surface area contributed by atoms with E-state index in [0.717, 1.165) is 38.0 Å². The monoisotopic (exact) mass is 295 g/mol. The highest BCUT2D eigenvalue weighted by atomic mass is 35.5. The van der Waals surface area contributed by atoms with Crippen molar-refractivity contribution in [3.63, 3.8) is 0 Å². The standard InChI is InChI=1S/C16H22ClNO2/c1-12(19)16(13-3-5-14(17)6-4-13)11-18-9-7-15(20-2)8-10-18/h3-6,15-16H,7-11H2,1-2H3/t16-/m1/s1. The van der Waals surface area contributed by atoms with E-state index in [1.54, 1.807) is 14.0 Å². The lowest BCUT2D eigenvalue weighted by molar-refractivity contribution is -0.119. The van der Waals surface area contributed by atoms with Gasteiger partial charge in [-0.05, 0) is 37.5 Å². The molecule has 0 bridgehead atoms. The molecule has 0 radical (unpaired) electrons. The number of piperidine rings is 1. The summed E-state index contributed by atoms with van der Waals surface area (Å²) in [6.07, 6.45) is 2.46. The number of rotatable bonds is 5. The van der Waals surface area contributed by atoms with Crippen LogP contribution in [-0.2, 0) is 9.53 Å². The van der Waals surface area contributed by atoms with Crippen LogP contribution in [0.5, 0.6) is 0 Å². The molecule has 4 heteroatoms. The zero-order valence-corrected chi connectivity index (χ0v) is 12.9. The first-order valence-corrected chi connectivity index (χ1v) is 7.49. The number of likely N-dealkylation sites (tertiary alicyclic amines) is 1. The van der Waals surface area contributed by atoms with Crippen molar-refractivity contribution in [2.24, 2.45) is 0 Å². The van der Waals surface area contributed by atoms with E-state index in [2.05, 4.69) is 4.90 Å². The summed E-state index contributed by atoms with van der Waals surface area (Å²) in [6.45, 7) is 4.44.